The quantitative estimate of drug-likeness (QED) is 0.843. The second-order valence-corrected chi connectivity index (χ2v) is 5.29. The van der Waals surface area contributed by atoms with Crippen molar-refractivity contribution < 1.29 is 14.3 Å². The molecule has 0 spiro atoms. The third-order valence-electron chi connectivity index (χ3n) is 4.04. The Kier molecular flexibility index (Phi) is 2.97. The zero-order valence-electron chi connectivity index (χ0n) is 11.4. The summed E-state index contributed by atoms with van der Waals surface area (Å²) in [6.45, 7) is 5.55. The van der Waals surface area contributed by atoms with E-state index in [9.17, 15) is 4.79 Å². The maximum absolute atomic E-state index is 12.0. The van der Waals surface area contributed by atoms with Crippen LogP contribution in [-0.4, -0.2) is 25.5 Å². The van der Waals surface area contributed by atoms with E-state index in [2.05, 4.69) is 6.92 Å². The molecule has 0 aliphatic carbocycles. The summed E-state index contributed by atoms with van der Waals surface area (Å²) in [5.41, 5.74) is 9.86. The zero-order chi connectivity index (χ0) is 13.6. The number of ether oxygens (including phenoxy) is 2. The first kappa shape index (κ1) is 12.5. The average molecular weight is 261 g/mol. The Hall–Kier alpha value is -1.55. The van der Waals surface area contributed by atoms with Crippen LogP contribution >= 0.6 is 0 Å². The molecule has 0 aromatic heterocycles. The number of ketones is 1. The monoisotopic (exact) mass is 261 g/mol. The van der Waals surface area contributed by atoms with Crippen molar-refractivity contribution in [1.29, 1.82) is 0 Å². The molecular weight excluding hydrogens is 242 g/mol. The number of fused-ring (bicyclic) bond motifs is 2. The van der Waals surface area contributed by atoms with Crippen LogP contribution in [0.3, 0.4) is 0 Å². The number of benzene rings is 1. The molecule has 0 saturated heterocycles. The van der Waals surface area contributed by atoms with Crippen LogP contribution in [0.4, 0.5) is 0 Å². The molecule has 2 heterocycles. The number of carbonyl (C=O) groups is 1. The van der Waals surface area contributed by atoms with Crippen LogP contribution in [0.15, 0.2) is 0 Å². The van der Waals surface area contributed by atoms with Crippen molar-refractivity contribution in [3.63, 3.8) is 0 Å². The molecule has 2 aliphatic heterocycles. The van der Waals surface area contributed by atoms with Gasteiger partial charge in [0.1, 0.15) is 11.5 Å². The molecular formula is C15H19NO3. The highest BCUT2D eigenvalue weighted by Gasteiger charge is 2.34. The maximum atomic E-state index is 12.0. The molecule has 4 heteroatoms. The van der Waals surface area contributed by atoms with E-state index in [1.165, 1.54) is 0 Å². The van der Waals surface area contributed by atoms with Crippen LogP contribution in [0.25, 0.3) is 0 Å². The Bertz CT molecular complexity index is 516. The van der Waals surface area contributed by atoms with Crippen LogP contribution in [0.2, 0.25) is 0 Å². The Balaban J connectivity index is 2.31. The highest BCUT2D eigenvalue weighted by atomic mass is 16.5. The molecule has 0 amide bonds. The van der Waals surface area contributed by atoms with E-state index < -0.39 is 0 Å². The molecule has 19 heavy (non-hydrogen) atoms. The van der Waals surface area contributed by atoms with Gasteiger partial charge in [0, 0.05) is 29.5 Å². The minimum atomic E-state index is 0.0619. The number of hydrogen-bond acceptors (Lipinski definition) is 4. The molecule has 0 fully saturated rings. The number of hydrogen-bond donors (Lipinski definition) is 1. The predicted octanol–water partition coefficient (Wildman–Crippen LogP) is 1.82. The molecule has 1 aromatic rings. The molecule has 3 rings (SSSR count). The van der Waals surface area contributed by atoms with E-state index in [4.69, 9.17) is 15.2 Å². The van der Waals surface area contributed by atoms with Gasteiger partial charge in [-0.15, -0.1) is 0 Å². The predicted molar refractivity (Wildman–Crippen MR) is 72.3 cm³/mol. The van der Waals surface area contributed by atoms with Crippen LogP contribution in [0.5, 0.6) is 11.5 Å². The number of nitrogens with two attached hydrogens (primary N) is 1. The Morgan fingerprint density at radius 3 is 2.47 bits per heavy atom. The summed E-state index contributed by atoms with van der Waals surface area (Å²) in [4.78, 5) is 12.0. The molecule has 102 valence electrons. The maximum Gasteiger partial charge on any atom is 0.163 e. The second-order valence-electron chi connectivity index (χ2n) is 5.29. The van der Waals surface area contributed by atoms with Crippen LogP contribution in [0.1, 0.15) is 46.8 Å². The van der Waals surface area contributed by atoms with Gasteiger partial charge in [0.15, 0.2) is 5.78 Å². The van der Waals surface area contributed by atoms with Crippen molar-refractivity contribution >= 4 is 5.78 Å². The lowest BCUT2D eigenvalue weighted by Gasteiger charge is -2.20. The van der Waals surface area contributed by atoms with Gasteiger partial charge in [0.2, 0.25) is 0 Å². The van der Waals surface area contributed by atoms with Gasteiger partial charge in [-0.1, -0.05) is 6.92 Å². The minimum Gasteiger partial charge on any atom is -0.493 e. The summed E-state index contributed by atoms with van der Waals surface area (Å²) in [7, 11) is 0. The van der Waals surface area contributed by atoms with Crippen molar-refractivity contribution in [2.45, 2.75) is 32.6 Å². The SMILES string of the molecule is CC(=O)c1c2c(c(C(C)CN)c3c1OCC3)OCC2. The van der Waals surface area contributed by atoms with Gasteiger partial charge in [-0.3, -0.25) is 4.79 Å². The molecule has 4 nitrogen and oxygen atoms in total. The normalized spacial score (nSPS) is 17.4. The zero-order valence-corrected chi connectivity index (χ0v) is 11.4. The molecule has 1 unspecified atom stereocenters. The lowest BCUT2D eigenvalue weighted by atomic mass is 9.87. The fourth-order valence-electron chi connectivity index (χ4n) is 3.16. The number of carbonyl (C=O) groups excluding carboxylic acids is 1. The summed E-state index contributed by atoms with van der Waals surface area (Å²) in [6, 6.07) is 0. The summed E-state index contributed by atoms with van der Waals surface area (Å²) >= 11 is 0. The molecule has 0 saturated carbocycles. The first-order valence-electron chi connectivity index (χ1n) is 6.83. The van der Waals surface area contributed by atoms with Crippen LogP contribution in [-0.2, 0) is 12.8 Å². The molecule has 0 bridgehead atoms. The Morgan fingerprint density at radius 1 is 1.21 bits per heavy atom. The molecule has 2 aliphatic rings. The topological polar surface area (TPSA) is 61.6 Å². The summed E-state index contributed by atoms with van der Waals surface area (Å²) in [5, 5.41) is 0. The molecule has 1 atom stereocenters. The van der Waals surface area contributed by atoms with E-state index in [0.29, 0.717) is 19.8 Å². The summed E-state index contributed by atoms with van der Waals surface area (Å²) in [6.07, 6.45) is 1.62. The standard InChI is InChI=1S/C15H19NO3/c1-8(7-16)12-10-3-5-19-15(10)13(9(2)17)11-4-6-18-14(11)12/h8H,3-7,16H2,1-2H3. The fourth-order valence-corrected chi connectivity index (χ4v) is 3.16. The average Bonchev–Trinajstić information content (AvgIpc) is 3.02. The van der Waals surface area contributed by atoms with Gasteiger partial charge >= 0.3 is 0 Å². The summed E-state index contributed by atoms with van der Waals surface area (Å²) < 4.78 is 11.5. The van der Waals surface area contributed by atoms with E-state index in [0.717, 1.165) is 46.6 Å². The van der Waals surface area contributed by atoms with Crippen molar-refractivity contribution in [1.82, 2.24) is 0 Å². The van der Waals surface area contributed by atoms with Gasteiger partial charge in [-0.05, 0) is 19.4 Å². The van der Waals surface area contributed by atoms with E-state index in [-0.39, 0.29) is 11.7 Å². The van der Waals surface area contributed by atoms with Crippen molar-refractivity contribution in [3.05, 3.63) is 22.3 Å². The Labute approximate surface area is 112 Å². The largest absolute Gasteiger partial charge is 0.493 e. The number of rotatable bonds is 3. The van der Waals surface area contributed by atoms with Gasteiger partial charge < -0.3 is 15.2 Å². The van der Waals surface area contributed by atoms with E-state index in [1.54, 1.807) is 6.92 Å². The van der Waals surface area contributed by atoms with E-state index >= 15 is 0 Å². The highest BCUT2D eigenvalue weighted by molar-refractivity contribution is 6.00. The van der Waals surface area contributed by atoms with Crippen molar-refractivity contribution in [2.75, 3.05) is 19.8 Å². The van der Waals surface area contributed by atoms with Crippen molar-refractivity contribution in [3.8, 4) is 11.5 Å². The van der Waals surface area contributed by atoms with Gasteiger partial charge in [-0.2, -0.15) is 0 Å². The van der Waals surface area contributed by atoms with Gasteiger partial charge in [0.05, 0.1) is 18.8 Å². The van der Waals surface area contributed by atoms with Crippen molar-refractivity contribution in [2.24, 2.45) is 5.73 Å². The molecule has 0 radical (unpaired) electrons. The number of Topliss-reactive ketones (excluding diaryl/α,β-unsaturated/α-hetero) is 1. The second kappa shape index (κ2) is 4.53. The van der Waals surface area contributed by atoms with Crippen LogP contribution in [0, 0.1) is 0 Å². The molecule has 2 N–H and O–H groups in total. The third kappa shape index (κ3) is 1.74. The Morgan fingerprint density at radius 2 is 1.84 bits per heavy atom. The fraction of sp³-hybridized carbons (Fsp3) is 0.533. The summed E-state index contributed by atoms with van der Waals surface area (Å²) in [5.74, 6) is 1.97. The minimum absolute atomic E-state index is 0.0619. The lowest BCUT2D eigenvalue weighted by Crippen LogP contribution is -2.13. The lowest BCUT2D eigenvalue weighted by molar-refractivity contribution is 0.101. The first-order valence-corrected chi connectivity index (χ1v) is 6.83. The highest BCUT2D eigenvalue weighted by Crippen LogP contribution is 2.47. The molecule has 1 aromatic carbocycles. The van der Waals surface area contributed by atoms with Gasteiger partial charge in [-0.25, -0.2) is 0 Å². The van der Waals surface area contributed by atoms with Crippen LogP contribution < -0.4 is 15.2 Å². The van der Waals surface area contributed by atoms with E-state index in [1.807, 2.05) is 0 Å². The smallest absolute Gasteiger partial charge is 0.163 e. The first-order chi connectivity index (χ1) is 9.15. The van der Waals surface area contributed by atoms with Gasteiger partial charge in [0.25, 0.3) is 0 Å². The third-order valence-corrected chi connectivity index (χ3v) is 4.04.